The lowest BCUT2D eigenvalue weighted by Crippen LogP contribution is -2.24. The van der Waals surface area contributed by atoms with Crippen molar-refractivity contribution in [3.8, 4) is 28.4 Å². The molecule has 0 aliphatic carbocycles. The van der Waals surface area contributed by atoms with Crippen LogP contribution >= 0.6 is 0 Å². The minimum absolute atomic E-state index is 0.0406. The van der Waals surface area contributed by atoms with Crippen LogP contribution in [0.2, 0.25) is 0 Å². The van der Waals surface area contributed by atoms with E-state index in [1.165, 1.54) is 5.56 Å². The number of aryl methyl sites for hydroxylation is 1. The maximum Gasteiger partial charge on any atom is 0.137 e. The molecular weight excluding hydrogens is 685 g/mol. The van der Waals surface area contributed by atoms with Gasteiger partial charge in [0.1, 0.15) is 24.0 Å². The smallest absolute Gasteiger partial charge is 0.137 e. The molecule has 0 unspecified atom stereocenters. The summed E-state index contributed by atoms with van der Waals surface area (Å²) >= 11 is 0. The zero-order valence-corrected chi connectivity index (χ0v) is 32.8. The van der Waals surface area contributed by atoms with Gasteiger partial charge in [-0.05, 0) is 101 Å². The summed E-state index contributed by atoms with van der Waals surface area (Å²) in [5.41, 5.74) is 10.3. The lowest BCUT2D eigenvalue weighted by Gasteiger charge is -2.25. The van der Waals surface area contributed by atoms with Crippen molar-refractivity contribution in [2.45, 2.75) is 59.2 Å². The second-order valence-corrected chi connectivity index (χ2v) is 16.8. The molecule has 5 nitrogen and oxygen atoms in total. The van der Waals surface area contributed by atoms with Gasteiger partial charge in [-0.15, -0.1) is 0 Å². The van der Waals surface area contributed by atoms with Crippen LogP contribution in [0.15, 0.2) is 152 Å². The van der Waals surface area contributed by atoms with Crippen LogP contribution in [-0.2, 0) is 10.8 Å². The van der Waals surface area contributed by atoms with E-state index in [4.69, 9.17) is 13.8 Å². The van der Waals surface area contributed by atoms with E-state index in [-0.39, 0.29) is 16.4 Å². The third-order valence-electron chi connectivity index (χ3n) is 10.9. The molecule has 2 aromatic heterocycles. The Hall–Kier alpha value is -6.33. The second-order valence-electron chi connectivity index (χ2n) is 16.8. The van der Waals surface area contributed by atoms with Crippen LogP contribution in [0.25, 0.3) is 38.8 Å². The van der Waals surface area contributed by atoms with E-state index in [2.05, 4.69) is 136 Å². The maximum absolute atomic E-state index is 8.62. The lowest BCUT2D eigenvalue weighted by molar-refractivity contribution is 0.483. The summed E-state index contributed by atoms with van der Waals surface area (Å²) in [7, 11) is 0. The fraction of sp³-hybridized carbons (Fsp3) is 0.196. The van der Waals surface area contributed by atoms with Crippen molar-refractivity contribution in [1.82, 2.24) is 9.55 Å². The fourth-order valence-electron chi connectivity index (χ4n) is 7.86. The topological polar surface area (TPSA) is 33.5 Å². The molecule has 1 aliphatic heterocycles. The largest absolute Gasteiger partial charge is 0.457 e. The Bertz CT molecular complexity index is 2880. The van der Waals surface area contributed by atoms with Gasteiger partial charge in [0.05, 0.1) is 22.4 Å². The Labute approximate surface area is 334 Å². The predicted octanol–water partition coefficient (Wildman–Crippen LogP) is 13.8. The number of anilines is 4. The number of hydrogen-bond donors (Lipinski definition) is 0. The molecular formula is C51H48N4O. The van der Waals surface area contributed by atoms with E-state index < -0.39 is 6.85 Å². The van der Waals surface area contributed by atoms with Gasteiger partial charge in [-0.25, -0.2) is 4.98 Å². The first-order chi connectivity index (χ1) is 28.1. The van der Waals surface area contributed by atoms with Crippen LogP contribution in [0.3, 0.4) is 0 Å². The van der Waals surface area contributed by atoms with Gasteiger partial charge in [-0.1, -0.05) is 114 Å². The molecule has 6 aromatic carbocycles. The first-order valence-electron chi connectivity index (χ1n) is 20.8. The summed E-state index contributed by atoms with van der Waals surface area (Å²) in [5.74, 6) is 1.90. The highest BCUT2D eigenvalue weighted by atomic mass is 16.5. The minimum Gasteiger partial charge on any atom is -0.457 e. The number of rotatable bonds is 6. The molecule has 278 valence electrons. The van der Waals surface area contributed by atoms with Crippen molar-refractivity contribution < 1.29 is 8.85 Å². The zero-order valence-electron chi connectivity index (χ0n) is 35.8. The number of ether oxygens (including phenoxy) is 1. The van der Waals surface area contributed by atoms with E-state index in [9.17, 15) is 0 Å². The Morgan fingerprint density at radius 2 is 1.20 bits per heavy atom. The van der Waals surface area contributed by atoms with E-state index in [1.807, 2.05) is 59.2 Å². The van der Waals surface area contributed by atoms with Crippen LogP contribution in [0, 0.1) is 6.85 Å². The third-order valence-corrected chi connectivity index (χ3v) is 10.9. The molecule has 0 N–H and O–H groups in total. The number of pyridine rings is 1. The molecule has 0 atom stereocenters. The van der Waals surface area contributed by atoms with Crippen LogP contribution in [-0.4, -0.2) is 16.2 Å². The zero-order chi connectivity index (χ0) is 41.3. The van der Waals surface area contributed by atoms with Crippen LogP contribution in [0.4, 0.5) is 22.7 Å². The number of nitrogens with zero attached hydrogens (tertiary/aromatic N) is 4. The van der Waals surface area contributed by atoms with Gasteiger partial charge in [0.15, 0.2) is 0 Å². The summed E-state index contributed by atoms with van der Waals surface area (Å²) < 4.78 is 34.6. The monoisotopic (exact) mass is 735 g/mol. The maximum atomic E-state index is 8.62. The average Bonchev–Trinajstić information content (AvgIpc) is 3.76. The Balaban J connectivity index is 1.08. The Morgan fingerprint density at radius 1 is 0.571 bits per heavy atom. The molecule has 0 spiro atoms. The SMILES string of the molecule is [2H]C([2H])([2H])c1cc(-n2c3ccccc3c3ccc(Oc4cccc(N5CN(c6cccc(C(C)(C)C)c6)c6ccccc65)c4)cc32)ncc1-c1cccc(C(C)(C)C)c1. The molecule has 0 saturated carbocycles. The highest BCUT2D eigenvalue weighted by Gasteiger charge is 2.29. The van der Waals surface area contributed by atoms with Crippen molar-refractivity contribution in [2.75, 3.05) is 16.5 Å². The summed E-state index contributed by atoms with van der Waals surface area (Å²) in [6.45, 7) is 11.5. The highest BCUT2D eigenvalue weighted by Crippen LogP contribution is 2.45. The summed E-state index contributed by atoms with van der Waals surface area (Å²) in [6.07, 6.45) is 1.71. The molecule has 0 saturated heterocycles. The minimum atomic E-state index is -2.37. The van der Waals surface area contributed by atoms with Gasteiger partial charge in [0, 0.05) is 50.2 Å². The number of para-hydroxylation sites is 3. The molecule has 3 heterocycles. The normalized spacial score (nSPS) is 14.1. The Morgan fingerprint density at radius 3 is 1.93 bits per heavy atom. The van der Waals surface area contributed by atoms with Gasteiger partial charge in [0.2, 0.25) is 0 Å². The van der Waals surface area contributed by atoms with Crippen molar-refractivity contribution in [3.63, 3.8) is 0 Å². The molecule has 0 radical (unpaired) electrons. The molecule has 9 rings (SSSR count). The molecule has 5 heteroatoms. The van der Waals surface area contributed by atoms with Crippen LogP contribution < -0.4 is 14.5 Å². The van der Waals surface area contributed by atoms with Gasteiger partial charge in [-0.2, -0.15) is 0 Å². The summed E-state index contributed by atoms with van der Waals surface area (Å²) in [4.78, 5) is 9.65. The average molecular weight is 736 g/mol. The number of benzene rings is 6. The number of fused-ring (bicyclic) bond motifs is 4. The lowest BCUT2D eigenvalue weighted by atomic mass is 9.85. The van der Waals surface area contributed by atoms with Crippen LogP contribution in [0.1, 0.15) is 62.3 Å². The predicted molar refractivity (Wildman–Crippen MR) is 235 cm³/mol. The van der Waals surface area contributed by atoms with Crippen molar-refractivity contribution in [3.05, 3.63) is 168 Å². The van der Waals surface area contributed by atoms with E-state index >= 15 is 0 Å². The van der Waals surface area contributed by atoms with E-state index in [0.29, 0.717) is 29.5 Å². The number of aromatic nitrogens is 2. The fourth-order valence-corrected chi connectivity index (χ4v) is 7.86. The first kappa shape index (κ1) is 32.0. The van der Waals surface area contributed by atoms with Crippen molar-refractivity contribution >= 4 is 44.6 Å². The van der Waals surface area contributed by atoms with E-state index in [0.717, 1.165) is 55.7 Å². The van der Waals surface area contributed by atoms with Crippen molar-refractivity contribution in [2.24, 2.45) is 0 Å². The second kappa shape index (κ2) is 13.5. The van der Waals surface area contributed by atoms with Gasteiger partial charge in [-0.3, -0.25) is 4.57 Å². The molecule has 0 fully saturated rings. The van der Waals surface area contributed by atoms with E-state index in [1.54, 1.807) is 12.3 Å². The molecule has 0 bridgehead atoms. The highest BCUT2D eigenvalue weighted by molar-refractivity contribution is 6.09. The molecule has 0 amide bonds. The first-order valence-corrected chi connectivity index (χ1v) is 19.3. The number of hydrogen-bond acceptors (Lipinski definition) is 4. The van der Waals surface area contributed by atoms with Gasteiger partial charge >= 0.3 is 0 Å². The standard InChI is InChI=1S/C51H48N4O/c1-34-27-49(52-32-44(34)35-15-12-16-36(28-35)50(2,3)4)55-45-22-9-8-21-42(45)43-26-25-41(31-48(43)55)56-40-20-14-19-39(30-40)54-33-53(46-23-10-11-24-47(46)54)38-18-13-17-37(29-38)51(5,6)7/h8-32H,33H2,1-7H3/i1D3. The van der Waals surface area contributed by atoms with Crippen LogP contribution in [0.5, 0.6) is 11.5 Å². The van der Waals surface area contributed by atoms with Gasteiger partial charge in [0.25, 0.3) is 0 Å². The quantitative estimate of drug-likeness (QED) is 0.170. The molecule has 8 aromatic rings. The van der Waals surface area contributed by atoms with Crippen molar-refractivity contribution in [1.29, 1.82) is 0 Å². The summed E-state index contributed by atoms with van der Waals surface area (Å²) in [6, 6.07) is 49.7. The third kappa shape index (κ3) is 6.37. The summed E-state index contributed by atoms with van der Waals surface area (Å²) in [5, 5.41) is 2.06. The Kier molecular flexibility index (Phi) is 7.68. The molecule has 56 heavy (non-hydrogen) atoms. The van der Waals surface area contributed by atoms with Gasteiger partial charge < -0.3 is 14.5 Å². The molecule has 1 aliphatic rings.